The number of nitriles is 1. The maximum absolute atomic E-state index is 12.2. The van der Waals surface area contributed by atoms with Crippen LogP contribution >= 0.6 is 22.9 Å². The summed E-state index contributed by atoms with van der Waals surface area (Å²) in [6.07, 6.45) is 0. The number of azo groups is 1. The molecule has 0 bridgehead atoms. The summed E-state index contributed by atoms with van der Waals surface area (Å²) in [5, 5.41) is 16.4. The van der Waals surface area contributed by atoms with Gasteiger partial charge in [0.2, 0.25) is 10.0 Å². The standard InChI is InChI=1S/C23H18ClN5O11S5/c24-5-6-42(30,31)29-13-3-1-12(2-4-13)21-18(11-25)22(26)41-23(21)28-27-14-7-16-17(19(8-14)44(35,36)37)9-15(43(32,33)34)10-20(16)45(38,39)40/h1-4,7-10,29H,5-6,26H2,(H,32,33,34)(H,35,36,37)(H,38,39,40). The van der Waals surface area contributed by atoms with Gasteiger partial charge in [-0.1, -0.05) is 23.5 Å². The molecule has 0 radical (unpaired) electrons. The normalized spacial score (nSPS) is 12.9. The highest BCUT2D eigenvalue weighted by Crippen LogP contribution is 2.45. The monoisotopic (exact) mass is 735 g/mol. The first kappa shape index (κ1) is 34.2. The fourth-order valence-electron chi connectivity index (χ4n) is 4.02. The van der Waals surface area contributed by atoms with E-state index in [1.165, 1.54) is 24.3 Å². The summed E-state index contributed by atoms with van der Waals surface area (Å²) < 4.78 is 128. The third-order valence-electron chi connectivity index (χ3n) is 5.88. The second-order valence-corrected chi connectivity index (χ2v) is 16.4. The van der Waals surface area contributed by atoms with Crippen molar-refractivity contribution in [1.82, 2.24) is 0 Å². The molecule has 1 heterocycles. The van der Waals surface area contributed by atoms with Gasteiger partial charge in [0.25, 0.3) is 30.4 Å². The number of fused-ring (bicyclic) bond motifs is 1. The summed E-state index contributed by atoms with van der Waals surface area (Å²) in [7, 11) is -19.3. The summed E-state index contributed by atoms with van der Waals surface area (Å²) in [6, 6.07) is 10.2. The molecule has 4 rings (SSSR count). The van der Waals surface area contributed by atoms with Crippen molar-refractivity contribution in [2.75, 3.05) is 22.1 Å². The van der Waals surface area contributed by atoms with Crippen LogP contribution in [0, 0.1) is 11.3 Å². The lowest BCUT2D eigenvalue weighted by molar-refractivity contribution is 0.478. The van der Waals surface area contributed by atoms with Gasteiger partial charge in [-0.05, 0) is 42.0 Å². The molecule has 0 amide bonds. The van der Waals surface area contributed by atoms with E-state index >= 15 is 0 Å². The zero-order chi connectivity index (χ0) is 33.5. The van der Waals surface area contributed by atoms with Gasteiger partial charge in [0.15, 0.2) is 0 Å². The number of hydrogen-bond donors (Lipinski definition) is 5. The molecule has 238 valence electrons. The van der Waals surface area contributed by atoms with Crippen LogP contribution in [-0.4, -0.2) is 59.0 Å². The topological polar surface area (TPSA) is 284 Å². The van der Waals surface area contributed by atoms with E-state index in [0.717, 1.165) is 17.4 Å². The highest BCUT2D eigenvalue weighted by atomic mass is 35.5. The molecular formula is C23H18ClN5O11S5. The van der Waals surface area contributed by atoms with E-state index in [-0.39, 0.29) is 38.4 Å². The first-order chi connectivity index (χ1) is 20.7. The zero-order valence-corrected chi connectivity index (χ0v) is 26.8. The van der Waals surface area contributed by atoms with Crippen molar-refractivity contribution < 1.29 is 47.3 Å². The molecular weight excluding hydrogens is 718 g/mol. The van der Waals surface area contributed by atoms with Gasteiger partial charge in [-0.2, -0.15) is 30.5 Å². The van der Waals surface area contributed by atoms with Crippen LogP contribution in [0.3, 0.4) is 0 Å². The second kappa shape index (κ2) is 12.2. The van der Waals surface area contributed by atoms with Crippen LogP contribution in [0.15, 0.2) is 73.4 Å². The average molecular weight is 736 g/mol. The van der Waals surface area contributed by atoms with Crippen molar-refractivity contribution in [2.45, 2.75) is 14.7 Å². The van der Waals surface area contributed by atoms with Gasteiger partial charge < -0.3 is 5.73 Å². The molecule has 0 saturated heterocycles. The molecule has 6 N–H and O–H groups in total. The minimum atomic E-state index is -5.25. The fraction of sp³-hybridized carbons (Fsp3) is 0.0870. The molecule has 0 aliphatic rings. The molecule has 0 spiro atoms. The van der Waals surface area contributed by atoms with Crippen LogP contribution in [0.2, 0.25) is 0 Å². The number of hydrogen-bond acceptors (Lipinski definition) is 13. The van der Waals surface area contributed by atoms with Crippen molar-refractivity contribution >= 4 is 95.5 Å². The van der Waals surface area contributed by atoms with Crippen molar-refractivity contribution in [3.8, 4) is 17.2 Å². The minimum Gasteiger partial charge on any atom is -0.389 e. The van der Waals surface area contributed by atoms with Gasteiger partial charge in [0, 0.05) is 27.9 Å². The highest BCUT2D eigenvalue weighted by molar-refractivity contribution is 7.92. The Bertz CT molecular complexity index is 2370. The number of halogens is 1. The number of nitrogens with one attached hydrogen (secondary N) is 1. The Morgan fingerprint density at radius 2 is 1.42 bits per heavy atom. The molecule has 22 heteroatoms. The SMILES string of the molecule is N#Cc1c(N)sc(N=Nc2cc(S(=O)(=O)O)c3cc(S(=O)(=O)O)cc(S(=O)(=O)O)c3c2)c1-c1ccc(NS(=O)(=O)CCCl)cc1. The molecule has 16 nitrogen and oxygen atoms in total. The van der Waals surface area contributed by atoms with Crippen LogP contribution in [0.25, 0.3) is 21.9 Å². The molecule has 0 unspecified atom stereocenters. The third-order valence-corrected chi connectivity index (χ3v) is 11.1. The molecule has 0 aliphatic carbocycles. The van der Waals surface area contributed by atoms with Gasteiger partial charge in [-0.3, -0.25) is 18.4 Å². The lowest BCUT2D eigenvalue weighted by Gasteiger charge is -2.11. The lowest BCUT2D eigenvalue weighted by Crippen LogP contribution is -2.17. The molecule has 0 saturated carbocycles. The van der Waals surface area contributed by atoms with E-state index in [1.807, 2.05) is 6.07 Å². The average Bonchev–Trinajstić information content (AvgIpc) is 3.24. The number of thiophene rings is 1. The number of anilines is 2. The van der Waals surface area contributed by atoms with Crippen LogP contribution in [0.4, 0.5) is 21.4 Å². The summed E-state index contributed by atoms with van der Waals surface area (Å²) in [6.45, 7) is 0. The fourth-order valence-corrected chi connectivity index (χ4v) is 8.33. The Hall–Kier alpha value is -3.72. The quantitative estimate of drug-likeness (QED) is 0.0870. The maximum atomic E-state index is 12.2. The number of alkyl halides is 1. The number of nitrogen functional groups attached to an aromatic ring is 1. The van der Waals surface area contributed by atoms with Gasteiger partial charge in [0.1, 0.15) is 25.9 Å². The Kier molecular flexibility index (Phi) is 9.29. The van der Waals surface area contributed by atoms with Gasteiger partial charge in [0.05, 0.1) is 21.9 Å². The number of benzene rings is 3. The summed E-state index contributed by atoms with van der Waals surface area (Å²) in [4.78, 5) is -3.27. The Labute approximate surface area is 265 Å². The largest absolute Gasteiger partial charge is 0.389 e. The van der Waals surface area contributed by atoms with E-state index in [1.54, 1.807) is 0 Å². The predicted molar refractivity (Wildman–Crippen MR) is 165 cm³/mol. The van der Waals surface area contributed by atoms with Crippen LogP contribution in [0.5, 0.6) is 0 Å². The smallest absolute Gasteiger partial charge is 0.295 e. The molecule has 45 heavy (non-hydrogen) atoms. The second-order valence-electron chi connectivity index (χ2n) is 8.91. The van der Waals surface area contributed by atoms with Gasteiger partial charge in [-0.15, -0.1) is 21.8 Å². The molecule has 3 aromatic carbocycles. The van der Waals surface area contributed by atoms with Crippen molar-refractivity contribution in [1.29, 1.82) is 5.26 Å². The Morgan fingerprint density at radius 3 is 1.96 bits per heavy atom. The Balaban J connectivity index is 1.90. The number of nitrogens with two attached hydrogens (primary N) is 1. The van der Waals surface area contributed by atoms with E-state index in [0.29, 0.717) is 23.8 Å². The summed E-state index contributed by atoms with van der Waals surface area (Å²) in [5.41, 5.74) is 6.25. The summed E-state index contributed by atoms with van der Waals surface area (Å²) in [5.74, 6) is -0.463. The third kappa shape index (κ3) is 7.57. The first-order valence-electron chi connectivity index (χ1n) is 11.7. The molecule has 4 aromatic rings. The van der Waals surface area contributed by atoms with Gasteiger partial charge in [-0.25, -0.2) is 8.42 Å². The predicted octanol–water partition coefficient (Wildman–Crippen LogP) is 4.16. The maximum Gasteiger partial charge on any atom is 0.295 e. The number of rotatable bonds is 10. The van der Waals surface area contributed by atoms with E-state index < -0.39 is 71.5 Å². The molecule has 0 aliphatic heterocycles. The molecule has 0 atom stereocenters. The van der Waals surface area contributed by atoms with Crippen LogP contribution in [-0.2, 0) is 40.4 Å². The zero-order valence-electron chi connectivity index (χ0n) is 22.0. The van der Waals surface area contributed by atoms with Crippen molar-refractivity contribution in [3.63, 3.8) is 0 Å². The number of nitrogens with zero attached hydrogens (tertiary/aromatic N) is 3. The van der Waals surface area contributed by atoms with Crippen LogP contribution < -0.4 is 10.5 Å². The van der Waals surface area contributed by atoms with Crippen molar-refractivity contribution in [3.05, 3.63) is 54.1 Å². The first-order valence-corrected chi connectivity index (χ1v) is 19.0. The van der Waals surface area contributed by atoms with E-state index in [2.05, 4.69) is 15.0 Å². The van der Waals surface area contributed by atoms with Crippen molar-refractivity contribution in [2.24, 2.45) is 10.2 Å². The molecule has 0 fully saturated rings. The Morgan fingerprint density at radius 1 is 0.844 bits per heavy atom. The van der Waals surface area contributed by atoms with E-state index in [4.69, 9.17) is 17.3 Å². The number of sulfonamides is 1. The van der Waals surface area contributed by atoms with Crippen LogP contribution in [0.1, 0.15) is 5.56 Å². The molecule has 1 aromatic heterocycles. The summed E-state index contributed by atoms with van der Waals surface area (Å²) >= 11 is 6.30. The minimum absolute atomic E-state index is 0.00440. The lowest BCUT2D eigenvalue weighted by atomic mass is 10.0. The van der Waals surface area contributed by atoms with E-state index in [9.17, 15) is 52.6 Å². The highest BCUT2D eigenvalue weighted by Gasteiger charge is 2.26. The van der Waals surface area contributed by atoms with Gasteiger partial charge >= 0.3 is 0 Å².